The molecule has 0 aromatic heterocycles. The molecule has 2 aliphatic heterocycles. The van der Waals surface area contributed by atoms with Gasteiger partial charge in [-0.05, 0) is 42.9 Å². The molecule has 2 heterocycles. The van der Waals surface area contributed by atoms with E-state index in [0.29, 0.717) is 17.3 Å². The lowest BCUT2D eigenvalue weighted by atomic mass is 9.56. The van der Waals surface area contributed by atoms with Gasteiger partial charge in [0.2, 0.25) is 0 Å². The highest BCUT2D eigenvalue weighted by atomic mass is 16.6. The van der Waals surface area contributed by atoms with Crippen molar-refractivity contribution in [2.75, 3.05) is 19.8 Å². The molecule has 2 N–H and O–H groups in total. The highest BCUT2D eigenvalue weighted by Crippen LogP contribution is 2.51. The van der Waals surface area contributed by atoms with Crippen LogP contribution >= 0.6 is 0 Å². The Morgan fingerprint density at radius 1 is 1.05 bits per heavy atom. The van der Waals surface area contributed by atoms with Crippen molar-refractivity contribution in [1.82, 2.24) is 0 Å². The van der Waals surface area contributed by atoms with Crippen molar-refractivity contribution in [3.05, 3.63) is 0 Å². The van der Waals surface area contributed by atoms with Gasteiger partial charge in [-0.3, -0.25) is 0 Å². The van der Waals surface area contributed by atoms with Crippen LogP contribution in [0.4, 0.5) is 0 Å². The zero-order valence-electron chi connectivity index (χ0n) is 14.1. The Morgan fingerprint density at radius 3 is 2.52 bits per heavy atom. The van der Waals surface area contributed by atoms with Gasteiger partial charge in [0.05, 0.1) is 12.2 Å². The summed E-state index contributed by atoms with van der Waals surface area (Å²) in [5.74, 6) is 1.22. The molecule has 3 heteroatoms. The van der Waals surface area contributed by atoms with Gasteiger partial charge >= 0.3 is 0 Å². The molecule has 1 aliphatic carbocycles. The molecule has 3 aliphatic rings. The molecular weight excluding hydrogens is 262 g/mol. The third-order valence-corrected chi connectivity index (χ3v) is 6.37. The first kappa shape index (κ1) is 15.8. The zero-order valence-corrected chi connectivity index (χ0v) is 14.1. The van der Waals surface area contributed by atoms with Crippen LogP contribution in [0.5, 0.6) is 0 Å². The Hall–Kier alpha value is -0.120. The van der Waals surface area contributed by atoms with Crippen LogP contribution in [-0.4, -0.2) is 31.0 Å². The fraction of sp³-hybridized carbons (Fsp3) is 1.00. The smallest absolute Gasteiger partial charge is 0.0940 e. The summed E-state index contributed by atoms with van der Waals surface area (Å²) in [6, 6.07) is 0. The van der Waals surface area contributed by atoms with Gasteiger partial charge in [-0.2, -0.15) is 0 Å². The molecule has 0 aromatic rings. The second-order valence-corrected chi connectivity index (χ2v) is 8.80. The van der Waals surface area contributed by atoms with Gasteiger partial charge in [0.15, 0.2) is 0 Å². The number of hydrogen-bond acceptors (Lipinski definition) is 3. The maximum atomic E-state index is 7.12. The van der Waals surface area contributed by atoms with Crippen LogP contribution in [0.15, 0.2) is 0 Å². The van der Waals surface area contributed by atoms with Crippen LogP contribution in [0.3, 0.4) is 0 Å². The summed E-state index contributed by atoms with van der Waals surface area (Å²) >= 11 is 0. The zero-order chi connectivity index (χ0) is 15.1. The van der Waals surface area contributed by atoms with Gasteiger partial charge in [-0.25, -0.2) is 0 Å². The Balaban J connectivity index is 1.82. The highest BCUT2D eigenvalue weighted by molar-refractivity contribution is 5.06. The van der Waals surface area contributed by atoms with Crippen molar-refractivity contribution < 1.29 is 9.47 Å². The van der Waals surface area contributed by atoms with Crippen LogP contribution in [0.1, 0.15) is 65.7 Å². The minimum absolute atomic E-state index is 0.00410. The minimum atomic E-state index is -0.0187. The van der Waals surface area contributed by atoms with Crippen LogP contribution < -0.4 is 5.73 Å². The lowest BCUT2D eigenvalue weighted by molar-refractivity contribution is -0.123. The summed E-state index contributed by atoms with van der Waals surface area (Å²) in [4.78, 5) is 0. The number of rotatable bonds is 1. The summed E-state index contributed by atoms with van der Waals surface area (Å²) in [5, 5.41) is 0. The molecule has 1 saturated carbocycles. The monoisotopic (exact) mass is 295 g/mol. The van der Waals surface area contributed by atoms with Gasteiger partial charge in [-0.1, -0.05) is 33.6 Å². The van der Waals surface area contributed by atoms with E-state index in [1.807, 2.05) is 0 Å². The fourth-order valence-electron chi connectivity index (χ4n) is 5.30. The first-order valence-corrected chi connectivity index (χ1v) is 8.86. The van der Waals surface area contributed by atoms with E-state index < -0.39 is 0 Å². The van der Waals surface area contributed by atoms with E-state index >= 15 is 0 Å². The number of hydrogen-bond donors (Lipinski definition) is 1. The van der Waals surface area contributed by atoms with E-state index in [4.69, 9.17) is 15.2 Å². The summed E-state index contributed by atoms with van der Waals surface area (Å²) in [5.41, 5.74) is 7.39. The van der Waals surface area contributed by atoms with E-state index in [1.54, 1.807) is 0 Å². The summed E-state index contributed by atoms with van der Waals surface area (Å²) < 4.78 is 11.8. The Morgan fingerprint density at radius 2 is 1.86 bits per heavy atom. The molecule has 4 atom stereocenters. The molecule has 3 fully saturated rings. The van der Waals surface area contributed by atoms with Crippen LogP contribution in [0.2, 0.25) is 0 Å². The Labute approximate surface area is 129 Å². The van der Waals surface area contributed by atoms with E-state index in [9.17, 15) is 0 Å². The number of nitrogens with two attached hydrogens (primary N) is 1. The van der Waals surface area contributed by atoms with Crippen molar-refractivity contribution in [3.8, 4) is 0 Å². The predicted molar refractivity (Wildman–Crippen MR) is 85.2 cm³/mol. The van der Waals surface area contributed by atoms with Crippen molar-refractivity contribution in [2.24, 2.45) is 23.0 Å². The topological polar surface area (TPSA) is 44.5 Å². The van der Waals surface area contributed by atoms with Gasteiger partial charge in [-0.15, -0.1) is 0 Å². The molecule has 2 saturated heterocycles. The molecule has 0 amide bonds. The quantitative estimate of drug-likeness (QED) is 0.805. The average molecular weight is 295 g/mol. The first-order chi connectivity index (χ1) is 9.86. The van der Waals surface area contributed by atoms with Crippen LogP contribution in [-0.2, 0) is 9.47 Å². The summed E-state index contributed by atoms with van der Waals surface area (Å²) in [7, 11) is 0. The Kier molecular flexibility index (Phi) is 4.13. The molecule has 1 spiro atoms. The third-order valence-electron chi connectivity index (χ3n) is 6.37. The van der Waals surface area contributed by atoms with E-state index in [1.165, 1.54) is 25.7 Å². The molecule has 0 aromatic carbocycles. The minimum Gasteiger partial charge on any atom is -0.378 e. The normalized spacial score (nSPS) is 45.1. The fourth-order valence-corrected chi connectivity index (χ4v) is 5.30. The van der Waals surface area contributed by atoms with Gasteiger partial charge in [0.1, 0.15) is 0 Å². The van der Waals surface area contributed by atoms with E-state index in [0.717, 1.165) is 39.1 Å². The van der Waals surface area contributed by atoms with Gasteiger partial charge in [0, 0.05) is 25.2 Å². The molecule has 4 unspecified atom stereocenters. The highest BCUT2D eigenvalue weighted by Gasteiger charge is 2.52. The average Bonchev–Trinajstić information content (AvgIpc) is 2.86. The van der Waals surface area contributed by atoms with Crippen molar-refractivity contribution >= 4 is 0 Å². The van der Waals surface area contributed by atoms with Crippen LogP contribution in [0.25, 0.3) is 0 Å². The first-order valence-electron chi connectivity index (χ1n) is 8.86. The lowest BCUT2D eigenvalue weighted by Crippen LogP contribution is -2.61. The van der Waals surface area contributed by atoms with Crippen LogP contribution in [0, 0.1) is 17.3 Å². The van der Waals surface area contributed by atoms with Crippen molar-refractivity contribution in [1.29, 1.82) is 0 Å². The van der Waals surface area contributed by atoms with Gasteiger partial charge in [0.25, 0.3) is 0 Å². The molecule has 122 valence electrons. The van der Waals surface area contributed by atoms with Crippen molar-refractivity contribution in [3.63, 3.8) is 0 Å². The number of ether oxygens (including phenoxy) is 2. The third kappa shape index (κ3) is 2.89. The standard InChI is InChI=1S/C18H33NO2/c1-16(2,3)15-6-4-5-8-18(15,19)14-7-10-21-17(12-14)9-11-20-13-17/h14-15H,4-13,19H2,1-3H3. The molecule has 3 rings (SSSR count). The molecule has 3 nitrogen and oxygen atoms in total. The largest absolute Gasteiger partial charge is 0.378 e. The van der Waals surface area contributed by atoms with E-state index in [2.05, 4.69) is 20.8 Å². The summed E-state index contributed by atoms with van der Waals surface area (Å²) in [6.45, 7) is 9.62. The summed E-state index contributed by atoms with van der Waals surface area (Å²) in [6.07, 6.45) is 8.42. The second kappa shape index (κ2) is 5.50. The molecular formula is C18H33NO2. The maximum absolute atomic E-state index is 7.12. The van der Waals surface area contributed by atoms with Crippen molar-refractivity contribution in [2.45, 2.75) is 76.9 Å². The predicted octanol–water partition coefficient (Wildman–Crippen LogP) is 3.51. The molecule has 0 radical (unpaired) electrons. The molecule has 21 heavy (non-hydrogen) atoms. The maximum Gasteiger partial charge on any atom is 0.0940 e. The Bertz CT molecular complexity index is 370. The second-order valence-electron chi connectivity index (χ2n) is 8.80. The van der Waals surface area contributed by atoms with Gasteiger partial charge < -0.3 is 15.2 Å². The lowest BCUT2D eigenvalue weighted by Gasteiger charge is -2.54. The van der Waals surface area contributed by atoms with E-state index in [-0.39, 0.29) is 11.1 Å². The SMILES string of the molecule is CC(C)(C)C1CCCCC1(N)C1CCOC2(CCOC2)C1. The molecule has 0 bridgehead atoms.